The van der Waals surface area contributed by atoms with Crippen LogP contribution in [0.4, 0.5) is 0 Å². The molecule has 2 aromatic heterocycles. The number of amides is 1. The van der Waals surface area contributed by atoms with Crippen molar-refractivity contribution in [3.8, 4) is 0 Å². The zero-order valence-electron chi connectivity index (χ0n) is 10.0. The standard InChI is InChI=1S/C9H14N8O/c1-5(8-13-15-16-14-8)12-9(18)7(10)6-3-11-17(2)4-6/h3-5,7H,10H2,1-2H3,(H,12,18)(H,13,14,15,16). The number of aromatic amines is 1. The molecule has 4 N–H and O–H groups in total. The van der Waals surface area contributed by atoms with Crippen LogP contribution < -0.4 is 11.1 Å². The van der Waals surface area contributed by atoms with Crippen molar-refractivity contribution in [3.05, 3.63) is 23.8 Å². The summed E-state index contributed by atoms with van der Waals surface area (Å²) in [6, 6.07) is -1.13. The molecule has 0 radical (unpaired) electrons. The lowest BCUT2D eigenvalue weighted by Gasteiger charge is -2.13. The smallest absolute Gasteiger partial charge is 0.242 e. The van der Waals surface area contributed by atoms with Gasteiger partial charge in [-0.2, -0.15) is 10.3 Å². The minimum Gasteiger partial charge on any atom is -0.345 e. The van der Waals surface area contributed by atoms with E-state index in [1.807, 2.05) is 0 Å². The summed E-state index contributed by atoms with van der Waals surface area (Å²) >= 11 is 0. The van der Waals surface area contributed by atoms with Crippen LogP contribution in [-0.4, -0.2) is 36.3 Å². The van der Waals surface area contributed by atoms with Gasteiger partial charge in [0.2, 0.25) is 5.91 Å². The summed E-state index contributed by atoms with van der Waals surface area (Å²) in [4.78, 5) is 11.9. The first kappa shape index (κ1) is 12.2. The van der Waals surface area contributed by atoms with Crippen LogP contribution in [0.15, 0.2) is 12.4 Å². The van der Waals surface area contributed by atoms with Crippen molar-refractivity contribution in [2.45, 2.75) is 19.0 Å². The summed E-state index contributed by atoms with van der Waals surface area (Å²) < 4.78 is 1.59. The van der Waals surface area contributed by atoms with Gasteiger partial charge in [0.25, 0.3) is 0 Å². The maximum absolute atomic E-state index is 11.9. The lowest BCUT2D eigenvalue weighted by molar-refractivity contribution is -0.123. The Labute approximate surface area is 103 Å². The maximum atomic E-state index is 11.9. The molecule has 18 heavy (non-hydrogen) atoms. The summed E-state index contributed by atoms with van der Waals surface area (Å²) in [5.74, 6) is 0.0852. The maximum Gasteiger partial charge on any atom is 0.242 e. The number of tetrazole rings is 1. The van der Waals surface area contributed by atoms with Gasteiger partial charge in [-0.1, -0.05) is 5.21 Å². The van der Waals surface area contributed by atoms with Crippen LogP contribution in [0.25, 0.3) is 0 Å². The van der Waals surface area contributed by atoms with Gasteiger partial charge in [0.05, 0.1) is 12.2 Å². The molecule has 96 valence electrons. The van der Waals surface area contributed by atoms with E-state index < -0.39 is 6.04 Å². The summed E-state index contributed by atoms with van der Waals surface area (Å²) in [5.41, 5.74) is 6.47. The van der Waals surface area contributed by atoms with Gasteiger partial charge in [-0.15, -0.1) is 10.2 Å². The van der Waals surface area contributed by atoms with Gasteiger partial charge in [-0.3, -0.25) is 9.48 Å². The largest absolute Gasteiger partial charge is 0.345 e. The van der Waals surface area contributed by atoms with Crippen LogP contribution in [0, 0.1) is 0 Å². The molecule has 2 unspecified atom stereocenters. The molecule has 0 bridgehead atoms. The Morgan fingerprint density at radius 3 is 2.94 bits per heavy atom. The van der Waals surface area contributed by atoms with E-state index in [-0.39, 0.29) is 11.9 Å². The van der Waals surface area contributed by atoms with E-state index in [2.05, 4.69) is 31.0 Å². The molecule has 0 saturated carbocycles. The predicted octanol–water partition coefficient (Wildman–Crippen LogP) is -1.19. The number of carbonyl (C=O) groups excluding carboxylic acids is 1. The van der Waals surface area contributed by atoms with E-state index in [0.717, 1.165) is 0 Å². The van der Waals surface area contributed by atoms with Crippen LogP contribution >= 0.6 is 0 Å². The minimum absolute atomic E-state index is 0.319. The van der Waals surface area contributed by atoms with E-state index in [9.17, 15) is 4.79 Å². The quantitative estimate of drug-likeness (QED) is 0.626. The van der Waals surface area contributed by atoms with Gasteiger partial charge in [0.1, 0.15) is 6.04 Å². The highest BCUT2D eigenvalue weighted by Gasteiger charge is 2.21. The first-order valence-corrected chi connectivity index (χ1v) is 5.35. The Morgan fingerprint density at radius 1 is 1.61 bits per heavy atom. The fourth-order valence-electron chi connectivity index (χ4n) is 1.47. The van der Waals surface area contributed by atoms with Gasteiger partial charge in [-0.05, 0) is 6.92 Å². The lowest BCUT2D eigenvalue weighted by Crippen LogP contribution is -2.36. The van der Waals surface area contributed by atoms with E-state index in [1.54, 1.807) is 31.0 Å². The fourth-order valence-corrected chi connectivity index (χ4v) is 1.47. The number of nitrogens with zero attached hydrogens (tertiary/aromatic N) is 5. The second-order valence-corrected chi connectivity index (χ2v) is 3.93. The zero-order chi connectivity index (χ0) is 13.1. The van der Waals surface area contributed by atoms with Crippen molar-refractivity contribution in [2.24, 2.45) is 12.8 Å². The summed E-state index contributed by atoms with van der Waals surface area (Å²) in [7, 11) is 1.76. The average Bonchev–Trinajstić information content (AvgIpc) is 2.98. The molecule has 0 fully saturated rings. The average molecular weight is 250 g/mol. The zero-order valence-corrected chi connectivity index (χ0v) is 10.0. The summed E-state index contributed by atoms with van der Waals surface area (Å²) in [6.45, 7) is 1.75. The fraction of sp³-hybridized carbons (Fsp3) is 0.444. The molecule has 2 aromatic rings. The number of aromatic nitrogens is 6. The molecule has 1 amide bonds. The van der Waals surface area contributed by atoms with Crippen molar-refractivity contribution in [3.63, 3.8) is 0 Å². The van der Waals surface area contributed by atoms with Crippen LogP contribution in [0.2, 0.25) is 0 Å². The third kappa shape index (κ3) is 2.51. The number of hydrogen-bond acceptors (Lipinski definition) is 6. The highest BCUT2D eigenvalue weighted by molar-refractivity contribution is 5.83. The Hall–Kier alpha value is -2.29. The third-order valence-electron chi connectivity index (χ3n) is 2.47. The first-order valence-electron chi connectivity index (χ1n) is 5.35. The van der Waals surface area contributed by atoms with Crippen LogP contribution in [-0.2, 0) is 11.8 Å². The number of carbonyl (C=O) groups is 1. The molecule has 0 spiro atoms. The molecule has 9 heteroatoms. The summed E-state index contributed by atoms with van der Waals surface area (Å²) in [5, 5.41) is 20.0. The van der Waals surface area contributed by atoms with E-state index in [0.29, 0.717) is 11.4 Å². The molecule has 0 aliphatic carbocycles. The van der Waals surface area contributed by atoms with Crippen molar-refractivity contribution >= 4 is 5.91 Å². The van der Waals surface area contributed by atoms with Crippen LogP contribution in [0.3, 0.4) is 0 Å². The number of hydrogen-bond donors (Lipinski definition) is 3. The van der Waals surface area contributed by atoms with Gasteiger partial charge < -0.3 is 11.1 Å². The number of nitrogens with one attached hydrogen (secondary N) is 2. The number of H-pyrrole nitrogens is 1. The van der Waals surface area contributed by atoms with Gasteiger partial charge in [0, 0.05) is 18.8 Å². The molecule has 9 nitrogen and oxygen atoms in total. The second kappa shape index (κ2) is 4.92. The number of rotatable bonds is 4. The van der Waals surface area contributed by atoms with Gasteiger partial charge in [0.15, 0.2) is 5.82 Å². The number of nitrogens with two attached hydrogens (primary N) is 1. The van der Waals surface area contributed by atoms with Crippen molar-refractivity contribution in [2.75, 3.05) is 0 Å². The SMILES string of the molecule is CC(NC(=O)C(N)c1cnn(C)c1)c1nn[nH]n1. The summed E-state index contributed by atoms with van der Waals surface area (Å²) in [6.07, 6.45) is 3.26. The monoisotopic (exact) mass is 250 g/mol. The Bertz CT molecular complexity index is 518. The van der Waals surface area contributed by atoms with Crippen molar-refractivity contribution in [1.82, 2.24) is 35.7 Å². The van der Waals surface area contributed by atoms with Gasteiger partial charge in [-0.25, -0.2) is 0 Å². The van der Waals surface area contributed by atoms with Gasteiger partial charge >= 0.3 is 0 Å². The Balaban J connectivity index is 1.99. The van der Waals surface area contributed by atoms with Crippen molar-refractivity contribution < 1.29 is 4.79 Å². The van der Waals surface area contributed by atoms with Crippen LogP contribution in [0.5, 0.6) is 0 Å². The molecule has 2 rings (SSSR count). The molecule has 0 aliphatic rings. The molecule has 0 aliphatic heterocycles. The lowest BCUT2D eigenvalue weighted by atomic mass is 10.1. The number of aryl methyl sites for hydroxylation is 1. The van der Waals surface area contributed by atoms with Crippen molar-refractivity contribution in [1.29, 1.82) is 0 Å². The molecule has 0 aromatic carbocycles. The molecule has 2 heterocycles. The van der Waals surface area contributed by atoms with E-state index in [4.69, 9.17) is 5.73 Å². The third-order valence-corrected chi connectivity index (χ3v) is 2.47. The Morgan fingerprint density at radius 2 is 2.39 bits per heavy atom. The molecular formula is C9H14N8O. The molecular weight excluding hydrogens is 236 g/mol. The Kier molecular flexibility index (Phi) is 3.33. The second-order valence-electron chi connectivity index (χ2n) is 3.93. The topological polar surface area (TPSA) is 127 Å². The van der Waals surface area contributed by atoms with E-state index in [1.165, 1.54) is 0 Å². The normalized spacial score (nSPS) is 14.2. The van der Waals surface area contributed by atoms with Crippen LogP contribution in [0.1, 0.15) is 30.4 Å². The highest BCUT2D eigenvalue weighted by Crippen LogP contribution is 2.11. The van der Waals surface area contributed by atoms with E-state index >= 15 is 0 Å². The first-order chi connectivity index (χ1) is 8.58. The minimum atomic E-state index is -0.770. The predicted molar refractivity (Wildman–Crippen MR) is 60.9 cm³/mol. The highest BCUT2D eigenvalue weighted by atomic mass is 16.2. The molecule has 2 atom stereocenters. The molecule has 0 saturated heterocycles.